The number of nitrogens with zero attached hydrogens (tertiary/aromatic N) is 3. The summed E-state index contributed by atoms with van der Waals surface area (Å²) in [6.45, 7) is 3.21. The van der Waals surface area contributed by atoms with E-state index in [0.717, 1.165) is 0 Å². The standard InChI is InChI=1S/C15H24N4O4/c1-15(7-23-8-15)13(21)16-6-10-4-9(5-11(10)20)12-17-19(3)14(22)18(12)2/h9-11,20H,4-8H2,1-3H3,(H,16,21)/t9-,10+,11+/m0/s1. The molecule has 3 atom stereocenters. The number of nitrogens with one attached hydrogen (secondary N) is 1. The minimum atomic E-state index is -0.497. The van der Waals surface area contributed by atoms with Crippen LogP contribution in [0.2, 0.25) is 0 Å². The molecule has 128 valence electrons. The molecule has 1 aromatic heterocycles. The van der Waals surface area contributed by atoms with Crippen LogP contribution in [0.3, 0.4) is 0 Å². The summed E-state index contributed by atoms with van der Waals surface area (Å²) in [6, 6.07) is 0. The van der Waals surface area contributed by atoms with Gasteiger partial charge in [-0.15, -0.1) is 0 Å². The minimum absolute atomic E-state index is 0.0225. The van der Waals surface area contributed by atoms with E-state index in [9.17, 15) is 14.7 Å². The molecule has 1 aromatic rings. The van der Waals surface area contributed by atoms with Gasteiger partial charge in [0.15, 0.2) is 0 Å². The SMILES string of the molecule is Cn1nc([C@H]2C[C@H](CNC(=O)C3(C)COC3)[C@H](O)C2)n(C)c1=O. The van der Waals surface area contributed by atoms with Crippen molar-refractivity contribution in [2.24, 2.45) is 25.4 Å². The molecule has 0 unspecified atom stereocenters. The number of ether oxygens (including phenoxy) is 1. The highest BCUT2D eigenvalue weighted by molar-refractivity contribution is 5.83. The molecule has 2 N–H and O–H groups in total. The van der Waals surface area contributed by atoms with Crippen molar-refractivity contribution >= 4 is 5.91 Å². The van der Waals surface area contributed by atoms with Gasteiger partial charge in [0.1, 0.15) is 5.82 Å². The number of aromatic nitrogens is 3. The summed E-state index contributed by atoms with van der Waals surface area (Å²) >= 11 is 0. The fraction of sp³-hybridized carbons (Fsp3) is 0.800. The maximum atomic E-state index is 12.1. The zero-order valence-corrected chi connectivity index (χ0v) is 13.8. The van der Waals surface area contributed by atoms with E-state index in [-0.39, 0.29) is 23.4 Å². The molecule has 1 aliphatic carbocycles. The third-order valence-electron chi connectivity index (χ3n) is 5.10. The van der Waals surface area contributed by atoms with Crippen molar-refractivity contribution in [3.63, 3.8) is 0 Å². The Morgan fingerprint density at radius 2 is 2.13 bits per heavy atom. The predicted molar refractivity (Wildman–Crippen MR) is 81.9 cm³/mol. The average Bonchev–Trinajstić information content (AvgIpc) is 2.97. The van der Waals surface area contributed by atoms with Gasteiger partial charge >= 0.3 is 5.69 Å². The molecular weight excluding hydrogens is 300 g/mol. The quantitative estimate of drug-likeness (QED) is 0.750. The van der Waals surface area contributed by atoms with Gasteiger partial charge < -0.3 is 15.2 Å². The van der Waals surface area contributed by atoms with Gasteiger partial charge in [-0.25, -0.2) is 9.48 Å². The molecule has 0 spiro atoms. The second kappa shape index (κ2) is 5.76. The third-order valence-corrected chi connectivity index (χ3v) is 5.10. The van der Waals surface area contributed by atoms with E-state index in [1.54, 1.807) is 14.1 Å². The number of rotatable bonds is 4. The maximum Gasteiger partial charge on any atom is 0.345 e. The Bertz CT molecular complexity index is 661. The number of aryl methyl sites for hydroxylation is 1. The van der Waals surface area contributed by atoms with E-state index in [4.69, 9.17) is 4.74 Å². The molecule has 1 saturated carbocycles. The van der Waals surface area contributed by atoms with Gasteiger partial charge in [-0.3, -0.25) is 9.36 Å². The molecule has 1 amide bonds. The molecule has 1 aliphatic heterocycles. The lowest BCUT2D eigenvalue weighted by atomic mass is 9.87. The summed E-state index contributed by atoms with van der Waals surface area (Å²) in [6.07, 6.45) is 0.771. The van der Waals surface area contributed by atoms with Crippen LogP contribution in [0.5, 0.6) is 0 Å². The van der Waals surface area contributed by atoms with Crippen molar-refractivity contribution < 1.29 is 14.6 Å². The first-order valence-corrected chi connectivity index (χ1v) is 7.96. The highest BCUT2D eigenvalue weighted by Gasteiger charge is 2.42. The number of aliphatic hydroxyl groups excluding tert-OH is 1. The summed E-state index contributed by atoms with van der Waals surface area (Å²) in [5.41, 5.74) is -0.599. The minimum Gasteiger partial charge on any atom is -0.393 e. The first kappa shape index (κ1) is 16.2. The number of hydrogen-bond donors (Lipinski definition) is 2. The van der Waals surface area contributed by atoms with Crippen molar-refractivity contribution in [1.29, 1.82) is 0 Å². The van der Waals surface area contributed by atoms with Gasteiger partial charge in [-0.1, -0.05) is 0 Å². The van der Waals surface area contributed by atoms with Gasteiger partial charge in [-0.2, -0.15) is 5.10 Å². The Hall–Kier alpha value is -1.67. The van der Waals surface area contributed by atoms with E-state index in [0.29, 0.717) is 38.4 Å². The van der Waals surface area contributed by atoms with Crippen LogP contribution in [-0.2, 0) is 23.6 Å². The molecule has 0 aromatic carbocycles. The Morgan fingerprint density at radius 1 is 1.43 bits per heavy atom. The maximum absolute atomic E-state index is 12.1. The highest BCUT2D eigenvalue weighted by atomic mass is 16.5. The van der Waals surface area contributed by atoms with Crippen LogP contribution >= 0.6 is 0 Å². The monoisotopic (exact) mass is 324 g/mol. The average molecular weight is 324 g/mol. The fourth-order valence-corrected chi connectivity index (χ4v) is 3.44. The van der Waals surface area contributed by atoms with Gasteiger partial charge in [0.05, 0.1) is 24.7 Å². The van der Waals surface area contributed by atoms with Gasteiger partial charge in [-0.05, 0) is 19.8 Å². The van der Waals surface area contributed by atoms with E-state index < -0.39 is 11.5 Å². The topological polar surface area (TPSA) is 98.4 Å². The summed E-state index contributed by atoms with van der Waals surface area (Å²) < 4.78 is 7.95. The molecule has 2 fully saturated rings. The van der Waals surface area contributed by atoms with Crippen molar-refractivity contribution in [2.45, 2.75) is 31.8 Å². The zero-order valence-electron chi connectivity index (χ0n) is 13.8. The lowest BCUT2D eigenvalue weighted by Gasteiger charge is -2.36. The Kier molecular flexibility index (Phi) is 4.05. The fourth-order valence-electron chi connectivity index (χ4n) is 3.44. The molecule has 8 heteroatoms. The number of aliphatic hydroxyl groups is 1. The largest absolute Gasteiger partial charge is 0.393 e. The lowest BCUT2D eigenvalue weighted by Crippen LogP contribution is -2.52. The van der Waals surface area contributed by atoms with Gasteiger partial charge in [0, 0.05) is 32.5 Å². The van der Waals surface area contributed by atoms with Gasteiger partial charge in [0.2, 0.25) is 5.91 Å². The van der Waals surface area contributed by atoms with E-state index in [1.165, 1.54) is 9.25 Å². The number of carbonyl (C=O) groups excluding carboxylic acids is 1. The lowest BCUT2D eigenvalue weighted by molar-refractivity contribution is -0.157. The smallest absolute Gasteiger partial charge is 0.345 e. The summed E-state index contributed by atoms with van der Waals surface area (Å²) in [5.74, 6) is 0.688. The molecule has 2 aliphatic rings. The van der Waals surface area contributed by atoms with E-state index >= 15 is 0 Å². The third kappa shape index (κ3) is 2.81. The number of carbonyl (C=O) groups is 1. The molecule has 8 nitrogen and oxygen atoms in total. The van der Waals surface area contributed by atoms with Crippen LogP contribution < -0.4 is 11.0 Å². The van der Waals surface area contributed by atoms with Crippen LogP contribution in [0.4, 0.5) is 0 Å². The summed E-state index contributed by atoms with van der Waals surface area (Å²) in [5, 5.41) is 17.5. The van der Waals surface area contributed by atoms with Crippen molar-refractivity contribution in [3.8, 4) is 0 Å². The number of amides is 1. The summed E-state index contributed by atoms with van der Waals surface area (Å²) in [7, 11) is 3.32. The Morgan fingerprint density at radius 3 is 2.65 bits per heavy atom. The normalized spacial score (nSPS) is 29.3. The van der Waals surface area contributed by atoms with Crippen molar-refractivity contribution in [1.82, 2.24) is 19.7 Å². The second-order valence-corrected chi connectivity index (χ2v) is 7.08. The molecular formula is C15H24N4O4. The van der Waals surface area contributed by atoms with Crippen LogP contribution in [0.1, 0.15) is 31.5 Å². The second-order valence-electron chi connectivity index (χ2n) is 7.08. The molecule has 0 radical (unpaired) electrons. The van der Waals surface area contributed by atoms with Crippen LogP contribution in [0, 0.1) is 11.3 Å². The molecule has 3 rings (SSSR count). The molecule has 2 heterocycles. The molecule has 23 heavy (non-hydrogen) atoms. The van der Waals surface area contributed by atoms with Crippen LogP contribution in [0.15, 0.2) is 4.79 Å². The van der Waals surface area contributed by atoms with E-state index in [2.05, 4.69) is 10.4 Å². The summed E-state index contributed by atoms with van der Waals surface area (Å²) in [4.78, 5) is 23.9. The van der Waals surface area contributed by atoms with E-state index in [1.807, 2.05) is 6.92 Å². The Balaban J connectivity index is 1.61. The number of hydrogen-bond acceptors (Lipinski definition) is 5. The van der Waals surface area contributed by atoms with Gasteiger partial charge in [0.25, 0.3) is 0 Å². The molecule has 1 saturated heterocycles. The zero-order chi connectivity index (χ0) is 16.8. The first-order valence-electron chi connectivity index (χ1n) is 7.96. The van der Waals surface area contributed by atoms with Crippen molar-refractivity contribution in [2.75, 3.05) is 19.8 Å². The van der Waals surface area contributed by atoms with Crippen LogP contribution in [-0.4, -0.2) is 51.2 Å². The highest BCUT2D eigenvalue weighted by Crippen LogP contribution is 2.37. The Labute approximate surface area is 134 Å². The van der Waals surface area contributed by atoms with Crippen LogP contribution in [0.25, 0.3) is 0 Å². The first-order chi connectivity index (χ1) is 10.8. The predicted octanol–water partition coefficient (Wildman–Crippen LogP) is -0.874. The van der Waals surface area contributed by atoms with Crippen molar-refractivity contribution in [3.05, 3.63) is 16.3 Å². The molecule has 0 bridgehead atoms.